The maximum absolute atomic E-state index is 3.99. The van der Waals surface area contributed by atoms with Gasteiger partial charge in [-0.3, -0.25) is 0 Å². The minimum absolute atomic E-state index is 0.928. The van der Waals surface area contributed by atoms with Crippen LogP contribution in [0.5, 0.6) is 0 Å². The minimum Gasteiger partial charge on any atom is -0.309 e. The zero-order valence-electron chi connectivity index (χ0n) is 6.43. The summed E-state index contributed by atoms with van der Waals surface area (Å²) in [5.74, 6) is 0. The average Bonchev–Trinajstić information content (AvgIpc) is 2.06. The van der Waals surface area contributed by atoms with Crippen LogP contribution in [0.25, 0.3) is 5.57 Å². The van der Waals surface area contributed by atoms with Crippen LogP contribution in [0.1, 0.15) is 11.1 Å². The van der Waals surface area contributed by atoms with Crippen LogP contribution in [0.15, 0.2) is 30.8 Å². The van der Waals surface area contributed by atoms with Gasteiger partial charge in [-0.2, -0.15) is 0 Å². The molecule has 1 aromatic carbocycles. The van der Waals surface area contributed by atoms with Gasteiger partial charge < -0.3 is 5.32 Å². The Labute approximate surface area is 66.7 Å². The van der Waals surface area contributed by atoms with E-state index in [2.05, 4.69) is 36.2 Å². The SMILES string of the molecule is C=C1CNCc2ccccc21. The molecule has 0 saturated carbocycles. The molecule has 0 aromatic heterocycles. The normalized spacial score (nSPS) is 16.2. The van der Waals surface area contributed by atoms with E-state index in [1.807, 2.05) is 0 Å². The number of hydrogen-bond acceptors (Lipinski definition) is 1. The van der Waals surface area contributed by atoms with Crippen molar-refractivity contribution in [2.24, 2.45) is 0 Å². The fourth-order valence-electron chi connectivity index (χ4n) is 1.46. The van der Waals surface area contributed by atoms with Crippen molar-refractivity contribution in [1.29, 1.82) is 0 Å². The van der Waals surface area contributed by atoms with E-state index in [1.165, 1.54) is 16.7 Å². The van der Waals surface area contributed by atoms with E-state index >= 15 is 0 Å². The van der Waals surface area contributed by atoms with E-state index < -0.39 is 0 Å². The summed E-state index contributed by atoms with van der Waals surface area (Å²) in [6.07, 6.45) is 0. The molecule has 0 radical (unpaired) electrons. The van der Waals surface area contributed by atoms with Gasteiger partial charge in [0.05, 0.1) is 0 Å². The number of fused-ring (bicyclic) bond motifs is 1. The van der Waals surface area contributed by atoms with Crippen molar-refractivity contribution in [2.45, 2.75) is 6.54 Å². The highest BCUT2D eigenvalue weighted by Crippen LogP contribution is 2.20. The lowest BCUT2D eigenvalue weighted by atomic mass is 9.98. The Hall–Kier alpha value is -1.08. The highest BCUT2D eigenvalue weighted by atomic mass is 14.9. The van der Waals surface area contributed by atoms with E-state index in [9.17, 15) is 0 Å². The number of benzene rings is 1. The third-order valence-electron chi connectivity index (χ3n) is 2.05. The lowest BCUT2D eigenvalue weighted by Gasteiger charge is -2.18. The van der Waals surface area contributed by atoms with Crippen molar-refractivity contribution in [3.05, 3.63) is 42.0 Å². The van der Waals surface area contributed by atoms with Gasteiger partial charge in [-0.15, -0.1) is 0 Å². The lowest BCUT2D eigenvalue weighted by molar-refractivity contribution is 0.744. The molecule has 0 bridgehead atoms. The zero-order chi connectivity index (χ0) is 7.68. The van der Waals surface area contributed by atoms with Gasteiger partial charge in [0.15, 0.2) is 0 Å². The fourth-order valence-corrected chi connectivity index (χ4v) is 1.46. The van der Waals surface area contributed by atoms with Crippen molar-refractivity contribution in [2.75, 3.05) is 6.54 Å². The maximum atomic E-state index is 3.99. The first-order valence-corrected chi connectivity index (χ1v) is 3.85. The summed E-state index contributed by atoms with van der Waals surface area (Å²) >= 11 is 0. The molecule has 0 unspecified atom stereocenters. The third-order valence-corrected chi connectivity index (χ3v) is 2.05. The van der Waals surface area contributed by atoms with Gasteiger partial charge in [0.25, 0.3) is 0 Å². The molecule has 0 spiro atoms. The Balaban J connectivity index is 2.52. The van der Waals surface area contributed by atoms with Crippen molar-refractivity contribution in [1.82, 2.24) is 5.32 Å². The number of rotatable bonds is 0. The van der Waals surface area contributed by atoms with Gasteiger partial charge in [0.1, 0.15) is 0 Å². The molecule has 11 heavy (non-hydrogen) atoms. The molecule has 1 aromatic rings. The second kappa shape index (κ2) is 2.51. The molecule has 56 valence electrons. The molecule has 0 amide bonds. The monoisotopic (exact) mass is 145 g/mol. The second-order valence-corrected chi connectivity index (χ2v) is 2.86. The molecule has 0 atom stereocenters. The quantitative estimate of drug-likeness (QED) is 0.587. The molecule has 1 aliphatic rings. The zero-order valence-corrected chi connectivity index (χ0v) is 6.43. The smallest absolute Gasteiger partial charge is 0.0214 e. The molecule has 0 fully saturated rings. The van der Waals surface area contributed by atoms with Crippen molar-refractivity contribution >= 4 is 5.57 Å². The Morgan fingerprint density at radius 2 is 2.00 bits per heavy atom. The summed E-state index contributed by atoms with van der Waals surface area (Å²) in [6, 6.07) is 8.42. The van der Waals surface area contributed by atoms with Crippen molar-refractivity contribution < 1.29 is 0 Å². The van der Waals surface area contributed by atoms with Gasteiger partial charge in [-0.05, 0) is 16.7 Å². The molecule has 1 nitrogen and oxygen atoms in total. The van der Waals surface area contributed by atoms with Gasteiger partial charge in [0, 0.05) is 13.1 Å². The Bertz CT molecular complexity index is 289. The second-order valence-electron chi connectivity index (χ2n) is 2.86. The van der Waals surface area contributed by atoms with Crippen molar-refractivity contribution in [3.8, 4) is 0 Å². The summed E-state index contributed by atoms with van der Waals surface area (Å²) in [5.41, 5.74) is 3.89. The van der Waals surface area contributed by atoms with Crippen LogP contribution in [0.2, 0.25) is 0 Å². The van der Waals surface area contributed by atoms with Gasteiger partial charge in [-0.25, -0.2) is 0 Å². The topological polar surface area (TPSA) is 12.0 Å². The van der Waals surface area contributed by atoms with E-state index in [-0.39, 0.29) is 0 Å². The summed E-state index contributed by atoms with van der Waals surface area (Å²) in [6.45, 7) is 5.90. The fraction of sp³-hybridized carbons (Fsp3) is 0.200. The van der Waals surface area contributed by atoms with Crippen LogP contribution in [-0.4, -0.2) is 6.54 Å². The molecule has 0 aliphatic carbocycles. The number of nitrogens with one attached hydrogen (secondary N) is 1. The lowest BCUT2D eigenvalue weighted by Crippen LogP contribution is -2.22. The number of hydrogen-bond donors (Lipinski definition) is 1. The van der Waals surface area contributed by atoms with Crippen LogP contribution in [-0.2, 0) is 6.54 Å². The predicted octanol–water partition coefficient (Wildman–Crippen LogP) is 1.80. The molecule has 1 heterocycles. The molecule has 0 saturated heterocycles. The molecular weight excluding hydrogens is 134 g/mol. The first-order chi connectivity index (χ1) is 5.38. The third kappa shape index (κ3) is 1.08. The predicted molar refractivity (Wildman–Crippen MR) is 47.2 cm³/mol. The standard InChI is InChI=1S/C10H11N/c1-8-6-11-7-9-4-2-3-5-10(8)9/h2-5,11H,1,6-7H2. The largest absolute Gasteiger partial charge is 0.309 e. The maximum Gasteiger partial charge on any atom is 0.0214 e. The highest BCUT2D eigenvalue weighted by Gasteiger charge is 2.09. The van der Waals surface area contributed by atoms with E-state index in [1.54, 1.807) is 0 Å². The minimum atomic E-state index is 0.928. The summed E-state index contributed by atoms with van der Waals surface area (Å²) in [4.78, 5) is 0. The Kier molecular flexibility index (Phi) is 1.51. The Morgan fingerprint density at radius 3 is 2.82 bits per heavy atom. The van der Waals surface area contributed by atoms with Crippen LogP contribution in [0, 0.1) is 0 Å². The van der Waals surface area contributed by atoms with Crippen LogP contribution in [0.3, 0.4) is 0 Å². The summed E-state index contributed by atoms with van der Waals surface area (Å²) in [7, 11) is 0. The van der Waals surface area contributed by atoms with Gasteiger partial charge in [0.2, 0.25) is 0 Å². The van der Waals surface area contributed by atoms with E-state index in [4.69, 9.17) is 0 Å². The molecule has 2 rings (SSSR count). The summed E-state index contributed by atoms with van der Waals surface area (Å²) in [5, 5.41) is 3.29. The van der Waals surface area contributed by atoms with Crippen LogP contribution < -0.4 is 5.32 Å². The summed E-state index contributed by atoms with van der Waals surface area (Å²) < 4.78 is 0. The van der Waals surface area contributed by atoms with E-state index in [0.717, 1.165) is 13.1 Å². The first kappa shape index (κ1) is 6.62. The van der Waals surface area contributed by atoms with Crippen molar-refractivity contribution in [3.63, 3.8) is 0 Å². The highest BCUT2D eigenvalue weighted by molar-refractivity contribution is 5.68. The molecule has 1 heteroatoms. The van der Waals surface area contributed by atoms with Crippen LogP contribution >= 0.6 is 0 Å². The van der Waals surface area contributed by atoms with Gasteiger partial charge in [-0.1, -0.05) is 30.8 Å². The Morgan fingerprint density at radius 1 is 1.18 bits per heavy atom. The first-order valence-electron chi connectivity index (χ1n) is 3.85. The van der Waals surface area contributed by atoms with Crippen LogP contribution in [0.4, 0.5) is 0 Å². The van der Waals surface area contributed by atoms with Gasteiger partial charge >= 0.3 is 0 Å². The molecule has 1 N–H and O–H groups in total. The molecule has 1 aliphatic heterocycles. The van der Waals surface area contributed by atoms with E-state index in [0.29, 0.717) is 0 Å². The average molecular weight is 145 g/mol. The molecular formula is C10H11N.